The highest BCUT2D eigenvalue weighted by Gasteiger charge is 2.62. The van der Waals surface area contributed by atoms with Gasteiger partial charge in [0.15, 0.2) is 0 Å². The van der Waals surface area contributed by atoms with E-state index in [1.165, 1.54) is 6.42 Å². The summed E-state index contributed by atoms with van der Waals surface area (Å²) < 4.78 is 0. The highest BCUT2D eigenvalue weighted by atomic mass is 16.3. The summed E-state index contributed by atoms with van der Waals surface area (Å²) in [5.41, 5.74) is 0.708. The van der Waals surface area contributed by atoms with Crippen molar-refractivity contribution in [1.29, 1.82) is 0 Å². The lowest BCUT2D eigenvalue weighted by molar-refractivity contribution is -0.134. The molecular weight excluding hydrogens is 268 g/mol. The Morgan fingerprint density at radius 1 is 0.909 bits per heavy atom. The van der Waals surface area contributed by atoms with Crippen LogP contribution in [0.15, 0.2) is 0 Å². The second kappa shape index (κ2) is 5.23. The molecule has 0 aliphatic heterocycles. The van der Waals surface area contributed by atoms with E-state index in [-0.39, 0.29) is 22.3 Å². The third-order valence-corrected chi connectivity index (χ3v) is 9.49. The summed E-state index contributed by atoms with van der Waals surface area (Å²) in [4.78, 5) is 0. The predicted molar refractivity (Wildman–Crippen MR) is 97.9 cm³/mol. The van der Waals surface area contributed by atoms with Gasteiger partial charge in [0, 0.05) is 0 Å². The molecule has 1 saturated carbocycles. The standard InChI is InChI=1S/C21H42O/c1-14-13-16(19(7,8)17(14,3)4)20(9,10)21(11,12)18(5,6)15(2)22/h14-16,22H,13H2,1-12H3. The molecule has 1 N–H and O–H groups in total. The molecule has 0 radical (unpaired) electrons. The summed E-state index contributed by atoms with van der Waals surface area (Å²) in [5, 5.41) is 10.4. The van der Waals surface area contributed by atoms with Crippen LogP contribution in [0.4, 0.5) is 0 Å². The highest BCUT2D eigenvalue weighted by Crippen LogP contribution is 2.68. The normalized spacial score (nSPS) is 30.4. The third kappa shape index (κ3) is 2.38. The minimum atomic E-state index is -0.309. The van der Waals surface area contributed by atoms with E-state index in [4.69, 9.17) is 0 Å². The van der Waals surface area contributed by atoms with Crippen LogP contribution in [0.1, 0.15) is 89.5 Å². The van der Waals surface area contributed by atoms with E-state index in [0.29, 0.717) is 16.7 Å². The van der Waals surface area contributed by atoms with Crippen molar-refractivity contribution >= 4 is 0 Å². The van der Waals surface area contributed by atoms with Gasteiger partial charge in [-0.2, -0.15) is 0 Å². The fourth-order valence-electron chi connectivity index (χ4n) is 5.01. The molecule has 0 saturated heterocycles. The Bertz CT molecular complexity index is 410. The van der Waals surface area contributed by atoms with Crippen molar-refractivity contribution in [2.24, 2.45) is 38.9 Å². The third-order valence-electron chi connectivity index (χ3n) is 9.49. The molecule has 0 spiro atoms. The molecule has 3 atom stereocenters. The van der Waals surface area contributed by atoms with E-state index in [2.05, 4.69) is 76.2 Å². The molecule has 0 aromatic rings. The first-order valence-electron chi connectivity index (χ1n) is 9.13. The molecule has 3 unspecified atom stereocenters. The van der Waals surface area contributed by atoms with Crippen LogP contribution in [-0.2, 0) is 0 Å². The van der Waals surface area contributed by atoms with Crippen molar-refractivity contribution in [2.45, 2.75) is 95.6 Å². The van der Waals surface area contributed by atoms with Gasteiger partial charge in [-0.3, -0.25) is 0 Å². The van der Waals surface area contributed by atoms with E-state index in [1.54, 1.807) is 0 Å². The molecule has 0 aromatic heterocycles. The maximum absolute atomic E-state index is 10.4. The Balaban J connectivity index is 3.36. The lowest BCUT2D eigenvalue weighted by Gasteiger charge is -2.59. The van der Waals surface area contributed by atoms with Crippen molar-refractivity contribution < 1.29 is 5.11 Å². The summed E-state index contributed by atoms with van der Waals surface area (Å²) in [5.74, 6) is 1.38. The van der Waals surface area contributed by atoms with E-state index in [9.17, 15) is 5.11 Å². The Morgan fingerprint density at radius 3 is 1.59 bits per heavy atom. The smallest absolute Gasteiger partial charge is 0.0568 e. The fourth-order valence-corrected chi connectivity index (χ4v) is 5.01. The molecule has 0 aromatic carbocycles. The zero-order chi connectivity index (χ0) is 17.9. The van der Waals surface area contributed by atoms with E-state index in [0.717, 1.165) is 5.92 Å². The van der Waals surface area contributed by atoms with Gasteiger partial charge >= 0.3 is 0 Å². The molecule has 1 aliphatic rings. The van der Waals surface area contributed by atoms with Gasteiger partial charge in [-0.15, -0.1) is 0 Å². The molecule has 0 amide bonds. The monoisotopic (exact) mass is 310 g/mol. The summed E-state index contributed by atoms with van der Waals surface area (Å²) >= 11 is 0. The zero-order valence-electron chi connectivity index (χ0n) is 17.4. The fraction of sp³-hybridized carbons (Fsp3) is 1.00. The molecule has 0 bridgehead atoms. The van der Waals surface area contributed by atoms with Crippen LogP contribution in [0.5, 0.6) is 0 Å². The van der Waals surface area contributed by atoms with E-state index < -0.39 is 0 Å². The lowest BCUT2D eigenvalue weighted by Crippen LogP contribution is -2.54. The van der Waals surface area contributed by atoms with Gasteiger partial charge in [-0.05, 0) is 52.3 Å². The van der Waals surface area contributed by atoms with Crippen molar-refractivity contribution in [2.75, 3.05) is 0 Å². The molecule has 1 fully saturated rings. The Morgan fingerprint density at radius 2 is 1.32 bits per heavy atom. The molecular formula is C21H42O. The number of aliphatic hydroxyl groups excluding tert-OH is 1. The van der Waals surface area contributed by atoms with Crippen LogP contribution in [0.3, 0.4) is 0 Å². The van der Waals surface area contributed by atoms with Crippen molar-refractivity contribution in [3.63, 3.8) is 0 Å². The molecule has 22 heavy (non-hydrogen) atoms. The number of aliphatic hydroxyl groups is 1. The second-order valence-corrected chi connectivity index (χ2v) is 10.9. The number of rotatable bonds is 4. The summed E-state index contributed by atoms with van der Waals surface area (Å²) in [6.07, 6.45) is 0.975. The molecule has 1 aliphatic carbocycles. The molecule has 1 nitrogen and oxygen atoms in total. The van der Waals surface area contributed by atoms with Gasteiger partial charge in [0.25, 0.3) is 0 Å². The van der Waals surface area contributed by atoms with E-state index >= 15 is 0 Å². The maximum Gasteiger partial charge on any atom is 0.0568 e. The van der Waals surface area contributed by atoms with Crippen molar-refractivity contribution in [1.82, 2.24) is 0 Å². The Hall–Kier alpha value is -0.0400. The lowest BCUT2D eigenvalue weighted by atomic mass is 9.46. The first-order valence-corrected chi connectivity index (χ1v) is 9.13. The van der Waals surface area contributed by atoms with Crippen LogP contribution in [-0.4, -0.2) is 11.2 Å². The SMILES string of the molecule is CC1CC(C(C)(C)C(C)(C)C(C)(C)C(C)O)C(C)(C)C1(C)C. The van der Waals surface area contributed by atoms with Gasteiger partial charge in [-0.25, -0.2) is 0 Å². The first-order chi connectivity index (χ1) is 9.45. The topological polar surface area (TPSA) is 20.2 Å². The van der Waals surface area contributed by atoms with Crippen LogP contribution in [0.25, 0.3) is 0 Å². The molecule has 0 heterocycles. The summed E-state index contributed by atoms with van der Waals surface area (Å²) in [6.45, 7) is 28.3. The van der Waals surface area contributed by atoms with Crippen LogP contribution < -0.4 is 0 Å². The summed E-state index contributed by atoms with van der Waals surface area (Å²) in [7, 11) is 0. The first kappa shape index (κ1) is 20.0. The van der Waals surface area contributed by atoms with Crippen LogP contribution in [0.2, 0.25) is 0 Å². The molecule has 132 valence electrons. The summed E-state index contributed by atoms with van der Waals surface area (Å²) in [6, 6.07) is 0. The van der Waals surface area contributed by atoms with Gasteiger partial charge in [0.05, 0.1) is 6.10 Å². The minimum Gasteiger partial charge on any atom is -0.393 e. The molecule has 1 heteroatoms. The molecule has 1 rings (SSSR count). The highest BCUT2D eigenvalue weighted by molar-refractivity contribution is 5.10. The van der Waals surface area contributed by atoms with Gasteiger partial charge in [-0.1, -0.05) is 76.2 Å². The van der Waals surface area contributed by atoms with Gasteiger partial charge in [0.2, 0.25) is 0 Å². The van der Waals surface area contributed by atoms with Crippen LogP contribution in [0, 0.1) is 38.9 Å². The van der Waals surface area contributed by atoms with Gasteiger partial charge in [0.1, 0.15) is 0 Å². The minimum absolute atomic E-state index is 0.0379. The number of hydrogen-bond donors (Lipinski definition) is 1. The quantitative estimate of drug-likeness (QED) is 0.660. The second-order valence-electron chi connectivity index (χ2n) is 10.9. The van der Waals surface area contributed by atoms with Crippen molar-refractivity contribution in [3.8, 4) is 0 Å². The zero-order valence-corrected chi connectivity index (χ0v) is 17.4. The predicted octanol–water partition coefficient (Wildman–Crippen LogP) is 6.15. The average molecular weight is 311 g/mol. The Kier molecular flexibility index (Phi) is 4.76. The van der Waals surface area contributed by atoms with Gasteiger partial charge < -0.3 is 5.11 Å². The maximum atomic E-state index is 10.4. The van der Waals surface area contributed by atoms with Crippen LogP contribution >= 0.6 is 0 Å². The average Bonchev–Trinajstić information content (AvgIpc) is 2.48. The Labute approximate surface area is 140 Å². The van der Waals surface area contributed by atoms with E-state index in [1.807, 2.05) is 6.92 Å². The largest absolute Gasteiger partial charge is 0.393 e. The number of hydrogen-bond acceptors (Lipinski definition) is 1. The van der Waals surface area contributed by atoms with Crippen molar-refractivity contribution in [3.05, 3.63) is 0 Å².